The average molecular weight is 444 g/mol. The maximum atomic E-state index is 11.9. The zero-order chi connectivity index (χ0) is 23.9. The molecule has 0 heterocycles. The van der Waals surface area contributed by atoms with Gasteiger partial charge in [-0.1, -0.05) is 88.0 Å². The molecule has 2 N–H and O–H groups in total. The maximum absolute atomic E-state index is 11.9. The van der Waals surface area contributed by atoms with Gasteiger partial charge in [-0.05, 0) is 63.7 Å². The van der Waals surface area contributed by atoms with Gasteiger partial charge in [0.25, 0.3) is 0 Å². The Morgan fingerprint density at radius 3 is 1.72 bits per heavy atom. The van der Waals surface area contributed by atoms with Gasteiger partial charge in [-0.15, -0.1) is 0 Å². The monoisotopic (exact) mass is 443 g/mol. The van der Waals surface area contributed by atoms with E-state index in [0.717, 1.165) is 57.8 Å². The van der Waals surface area contributed by atoms with Crippen LogP contribution in [-0.4, -0.2) is 23.0 Å². The highest BCUT2D eigenvalue weighted by atomic mass is 16.4. The molecule has 0 aliphatic carbocycles. The van der Waals surface area contributed by atoms with E-state index < -0.39 is 12.0 Å². The summed E-state index contributed by atoms with van der Waals surface area (Å²) in [5.74, 6) is -0.877. The molecule has 4 heteroatoms. The number of amides is 1. The second-order valence-electron chi connectivity index (χ2n) is 8.40. The molecule has 0 saturated carbocycles. The Balaban J connectivity index is 3.67. The van der Waals surface area contributed by atoms with Crippen molar-refractivity contribution in [2.24, 2.45) is 5.92 Å². The third kappa shape index (κ3) is 20.9. The lowest BCUT2D eigenvalue weighted by Crippen LogP contribution is -2.41. The first-order valence-electron chi connectivity index (χ1n) is 12.2. The molecule has 1 atom stereocenters. The number of hydrogen-bond acceptors (Lipinski definition) is 2. The molecule has 32 heavy (non-hydrogen) atoms. The van der Waals surface area contributed by atoms with E-state index in [1.54, 1.807) is 0 Å². The maximum Gasteiger partial charge on any atom is 0.326 e. The van der Waals surface area contributed by atoms with E-state index in [4.69, 9.17) is 0 Å². The van der Waals surface area contributed by atoms with Gasteiger partial charge < -0.3 is 10.4 Å². The second-order valence-corrected chi connectivity index (χ2v) is 8.40. The largest absolute Gasteiger partial charge is 0.480 e. The fraction of sp³-hybridized carbons (Fsp3) is 0.571. The van der Waals surface area contributed by atoms with Crippen LogP contribution in [0.2, 0.25) is 0 Å². The highest BCUT2D eigenvalue weighted by Gasteiger charge is 2.20. The van der Waals surface area contributed by atoms with Crippen molar-refractivity contribution in [1.29, 1.82) is 0 Å². The summed E-state index contributed by atoms with van der Waals surface area (Å²) in [6.45, 7) is 6.06. The number of carboxylic acid groups (broad SMARTS) is 1. The fourth-order valence-electron chi connectivity index (χ4n) is 3.05. The predicted molar refractivity (Wildman–Crippen MR) is 137 cm³/mol. The first-order valence-corrected chi connectivity index (χ1v) is 12.2. The number of nitrogens with one attached hydrogen (secondary N) is 1. The minimum atomic E-state index is -0.953. The van der Waals surface area contributed by atoms with Crippen LogP contribution in [0.1, 0.15) is 91.4 Å². The molecule has 0 spiro atoms. The summed E-state index contributed by atoms with van der Waals surface area (Å²) in [7, 11) is 0. The zero-order valence-electron chi connectivity index (χ0n) is 20.5. The molecule has 1 unspecified atom stereocenters. The molecule has 0 aromatic carbocycles. The highest BCUT2D eigenvalue weighted by molar-refractivity contribution is 5.83. The Morgan fingerprint density at radius 1 is 0.750 bits per heavy atom. The van der Waals surface area contributed by atoms with Gasteiger partial charge in [0.05, 0.1) is 0 Å². The summed E-state index contributed by atoms with van der Waals surface area (Å²) in [5.41, 5.74) is 0. The number of carboxylic acids is 1. The SMILES string of the molecule is CCC=CCC=CCC=CCC=CCC=CCCCCCC(=O)NC(CC(C)C)C(=O)O. The van der Waals surface area contributed by atoms with Gasteiger partial charge in [0.15, 0.2) is 0 Å². The molecule has 180 valence electrons. The van der Waals surface area contributed by atoms with Crippen molar-refractivity contribution in [3.8, 4) is 0 Å². The number of carbonyl (C=O) groups is 2. The molecular weight excluding hydrogens is 398 g/mol. The van der Waals surface area contributed by atoms with Crippen LogP contribution in [0.4, 0.5) is 0 Å². The van der Waals surface area contributed by atoms with Crippen molar-refractivity contribution in [2.75, 3.05) is 0 Å². The Bertz CT molecular complexity index is 627. The highest BCUT2D eigenvalue weighted by Crippen LogP contribution is 2.08. The number of hydrogen-bond donors (Lipinski definition) is 2. The molecule has 0 aromatic heterocycles. The summed E-state index contributed by atoms with van der Waals surface area (Å²) in [4.78, 5) is 23.1. The molecule has 1 amide bonds. The van der Waals surface area contributed by atoms with Crippen LogP contribution in [0.3, 0.4) is 0 Å². The minimum Gasteiger partial charge on any atom is -0.480 e. The molecule has 0 aliphatic rings. The second kappa shape index (κ2) is 21.9. The minimum absolute atomic E-state index is 0.159. The third-order valence-corrected chi connectivity index (χ3v) is 4.77. The molecule has 0 aliphatic heterocycles. The summed E-state index contributed by atoms with van der Waals surface area (Å²) >= 11 is 0. The van der Waals surface area contributed by atoms with Gasteiger partial charge in [-0.25, -0.2) is 4.79 Å². The van der Waals surface area contributed by atoms with E-state index in [1.807, 2.05) is 13.8 Å². The Hall–Kier alpha value is -2.36. The molecule has 0 radical (unpaired) electrons. The molecular formula is C28H45NO3. The van der Waals surface area contributed by atoms with Crippen molar-refractivity contribution in [2.45, 2.75) is 97.4 Å². The fourth-order valence-corrected chi connectivity index (χ4v) is 3.05. The molecule has 0 aromatic rings. The quantitative estimate of drug-likeness (QED) is 0.162. The van der Waals surface area contributed by atoms with Crippen molar-refractivity contribution < 1.29 is 14.7 Å². The molecule has 0 rings (SSSR count). The Kier molecular flexibility index (Phi) is 20.2. The van der Waals surface area contributed by atoms with Crippen LogP contribution < -0.4 is 5.32 Å². The van der Waals surface area contributed by atoms with E-state index in [-0.39, 0.29) is 11.8 Å². The summed E-state index contributed by atoms with van der Waals surface area (Å²) in [6.07, 6.45) is 31.7. The lowest BCUT2D eigenvalue weighted by atomic mass is 10.0. The van der Waals surface area contributed by atoms with Gasteiger partial charge >= 0.3 is 5.97 Å². The van der Waals surface area contributed by atoms with Gasteiger partial charge in [0.1, 0.15) is 6.04 Å². The van der Waals surface area contributed by atoms with Gasteiger partial charge in [0.2, 0.25) is 5.91 Å². The van der Waals surface area contributed by atoms with Crippen LogP contribution in [0.5, 0.6) is 0 Å². The van der Waals surface area contributed by atoms with E-state index in [9.17, 15) is 14.7 Å². The zero-order valence-corrected chi connectivity index (χ0v) is 20.5. The van der Waals surface area contributed by atoms with Crippen molar-refractivity contribution in [3.05, 3.63) is 60.8 Å². The summed E-state index contributed by atoms with van der Waals surface area (Å²) < 4.78 is 0. The van der Waals surface area contributed by atoms with Crippen molar-refractivity contribution in [3.63, 3.8) is 0 Å². The molecule has 0 saturated heterocycles. The Morgan fingerprint density at radius 2 is 1.25 bits per heavy atom. The Labute approximate surface area is 196 Å². The van der Waals surface area contributed by atoms with Gasteiger partial charge in [0, 0.05) is 6.42 Å². The number of carbonyl (C=O) groups excluding carboxylic acids is 1. The van der Waals surface area contributed by atoms with E-state index in [0.29, 0.717) is 12.8 Å². The molecule has 0 fully saturated rings. The standard InChI is InChI=1S/C28H45NO3/c1-4-5-6-7-8-9-10-11-12-13-14-15-16-17-18-19-20-21-22-23-27(30)29-26(28(31)32)24-25(2)3/h5-6,8-9,11-12,14-15,17-18,25-26H,4,7,10,13,16,19-24H2,1-3H3,(H,29,30)(H,31,32). The predicted octanol–water partition coefficient (Wildman–Crippen LogP) is 7.30. The van der Waals surface area contributed by atoms with Crippen molar-refractivity contribution >= 4 is 11.9 Å². The smallest absolute Gasteiger partial charge is 0.326 e. The average Bonchev–Trinajstić information content (AvgIpc) is 2.74. The van der Waals surface area contributed by atoms with E-state index in [1.165, 1.54) is 0 Å². The van der Waals surface area contributed by atoms with Crippen LogP contribution in [0, 0.1) is 5.92 Å². The first-order chi connectivity index (χ1) is 15.5. The van der Waals surface area contributed by atoms with Crippen LogP contribution in [-0.2, 0) is 9.59 Å². The summed E-state index contributed by atoms with van der Waals surface area (Å²) in [5, 5.41) is 11.8. The molecule has 4 nitrogen and oxygen atoms in total. The van der Waals surface area contributed by atoms with Crippen molar-refractivity contribution in [1.82, 2.24) is 5.32 Å². The normalized spacial score (nSPS) is 13.5. The van der Waals surface area contributed by atoms with Gasteiger partial charge in [-0.2, -0.15) is 0 Å². The van der Waals surface area contributed by atoms with Crippen LogP contribution in [0.25, 0.3) is 0 Å². The summed E-state index contributed by atoms with van der Waals surface area (Å²) in [6, 6.07) is -0.774. The lowest BCUT2D eigenvalue weighted by Gasteiger charge is -2.16. The number of rotatable bonds is 19. The van der Waals surface area contributed by atoms with E-state index in [2.05, 4.69) is 73.0 Å². The number of aliphatic carboxylic acids is 1. The number of unbranched alkanes of at least 4 members (excludes halogenated alkanes) is 3. The third-order valence-electron chi connectivity index (χ3n) is 4.77. The molecule has 0 bridgehead atoms. The number of allylic oxidation sites excluding steroid dienone is 10. The van der Waals surface area contributed by atoms with Crippen LogP contribution >= 0.6 is 0 Å². The topological polar surface area (TPSA) is 66.4 Å². The van der Waals surface area contributed by atoms with Gasteiger partial charge in [-0.3, -0.25) is 4.79 Å². The lowest BCUT2D eigenvalue weighted by molar-refractivity contribution is -0.142. The van der Waals surface area contributed by atoms with Crippen LogP contribution in [0.15, 0.2) is 60.8 Å². The van der Waals surface area contributed by atoms with E-state index >= 15 is 0 Å². The first kappa shape index (κ1) is 29.6.